The number of hydrogen-bond acceptors (Lipinski definition) is 5. The van der Waals surface area contributed by atoms with Crippen LogP contribution in [0.15, 0.2) is 24.3 Å². The van der Waals surface area contributed by atoms with Crippen molar-refractivity contribution in [2.24, 2.45) is 17.8 Å². The number of fused-ring (bicyclic) bond motifs is 2. The Morgan fingerprint density at radius 2 is 1.05 bits per heavy atom. The van der Waals surface area contributed by atoms with Crippen LogP contribution in [0, 0.1) is 17.8 Å². The van der Waals surface area contributed by atoms with Gasteiger partial charge in [0.15, 0.2) is 0 Å². The number of nitrogens with zero attached hydrogens (tertiary/aromatic N) is 2. The van der Waals surface area contributed by atoms with Crippen molar-refractivity contribution >= 4 is 17.8 Å². The molecule has 0 aromatic carbocycles. The summed E-state index contributed by atoms with van der Waals surface area (Å²) in [4.78, 5) is 44.8. The van der Waals surface area contributed by atoms with E-state index in [1.807, 2.05) is 4.90 Å². The smallest absolute Gasteiger partial charge is 0.305 e. The first kappa shape index (κ1) is 60.0. The summed E-state index contributed by atoms with van der Waals surface area (Å²) < 4.78 is 5.63. The van der Waals surface area contributed by atoms with Crippen LogP contribution in [0.2, 0.25) is 0 Å². The van der Waals surface area contributed by atoms with Gasteiger partial charge < -0.3 is 19.9 Å². The van der Waals surface area contributed by atoms with Gasteiger partial charge in [0, 0.05) is 25.9 Å². The number of ether oxygens (including phenoxy) is 1. The number of amides is 2. The Hall–Kier alpha value is -2.15. The van der Waals surface area contributed by atoms with Gasteiger partial charge in [0.2, 0.25) is 11.8 Å². The van der Waals surface area contributed by atoms with Gasteiger partial charge in [0.05, 0.1) is 6.61 Å². The number of allylic oxidation sites excluding steroid dienone is 4. The monoisotopic (exact) mass is 924 g/mol. The average molecular weight is 925 g/mol. The van der Waals surface area contributed by atoms with Crippen LogP contribution in [-0.4, -0.2) is 74.0 Å². The third kappa shape index (κ3) is 33.4. The topological polar surface area (TPSA) is 79.0 Å². The minimum absolute atomic E-state index is 0.0279. The fourth-order valence-electron chi connectivity index (χ4n) is 10.8. The Labute approximate surface area is 409 Å². The summed E-state index contributed by atoms with van der Waals surface area (Å²) in [6, 6.07) is -0.447. The van der Waals surface area contributed by atoms with Crippen LogP contribution in [0.25, 0.3) is 0 Å². The first-order chi connectivity index (χ1) is 32.3. The van der Waals surface area contributed by atoms with Crippen molar-refractivity contribution in [3.8, 4) is 0 Å². The molecule has 3 unspecified atom stereocenters. The lowest BCUT2D eigenvalue weighted by atomic mass is 9.67. The van der Waals surface area contributed by atoms with E-state index in [-0.39, 0.29) is 17.8 Å². The van der Waals surface area contributed by atoms with E-state index in [2.05, 4.69) is 62.5 Å². The molecule has 2 saturated carbocycles. The Bertz CT molecular complexity index is 1210. The Balaban J connectivity index is 1.76. The molecule has 0 aliphatic heterocycles. The van der Waals surface area contributed by atoms with E-state index in [4.69, 9.17) is 4.74 Å². The fourth-order valence-corrected chi connectivity index (χ4v) is 10.8. The van der Waals surface area contributed by atoms with Crippen LogP contribution in [0.4, 0.5) is 0 Å². The molecule has 66 heavy (non-hydrogen) atoms. The van der Waals surface area contributed by atoms with Crippen molar-refractivity contribution in [3.63, 3.8) is 0 Å². The van der Waals surface area contributed by atoms with E-state index in [1.54, 1.807) is 0 Å². The molecule has 0 saturated heterocycles. The Morgan fingerprint density at radius 3 is 1.58 bits per heavy atom. The second-order valence-corrected chi connectivity index (χ2v) is 21.3. The van der Waals surface area contributed by atoms with E-state index < -0.39 is 6.04 Å². The zero-order valence-electron chi connectivity index (χ0n) is 44.3. The predicted molar refractivity (Wildman–Crippen MR) is 283 cm³/mol. The molecule has 2 aliphatic carbocycles. The molecule has 0 aromatic rings. The van der Waals surface area contributed by atoms with Gasteiger partial charge in [0.25, 0.3) is 0 Å². The number of unbranched alkanes of at least 4 members (excludes halogenated alkanes) is 24. The Morgan fingerprint density at radius 1 is 0.561 bits per heavy atom. The standard InChI is InChI=1S/C59H109N3O4/c1-5-7-9-11-13-15-17-19-21-23-25-27-29-31-35-43-57(63)62(48-39-47-61(3)4)56(59(65)60-46-45-55-51-53-40-38-41-54(50-53)52-55)42-34-33-37-49-66-58(64)44-36-32-30-28-26-24-22-20-18-16-14-12-10-8-6-2/h19-22,53-56H,5-18,23-52H2,1-4H3,(H,60,65)/b21-19-,22-20-. The molecule has 1 N–H and O–H groups in total. The van der Waals surface area contributed by atoms with E-state index >= 15 is 0 Å². The number of nitrogens with one attached hydrogen (secondary N) is 1. The molecule has 2 amide bonds. The lowest BCUT2D eigenvalue weighted by molar-refractivity contribution is -0.144. The summed E-state index contributed by atoms with van der Waals surface area (Å²) in [6.45, 7) is 7.19. The van der Waals surface area contributed by atoms with Crippen LogP contribution in [0.3, 0.4) is 0 Å². The highest BCUT2D eigenvalue weighted by Crippen LogP contribution is 2.43. The quantitative estimate of drug-likeness (QED) is 0.0374. The summed E-state index contributed by atoms with van der Waals surface area (Å²) in [5.74, 6) is 2.57. The van der Waals surface area contributed by atoms with Gasteiger partial charge >= 0.3 is 5.97 Å². The third-order valence-electron chi connectivity index (χ3n) is 14.8. The number of hydrogen-bond donors (Lipinski definition) is 1. The molecule has 0 spiro atoms. The highest BCUT2D eigenvalue weighted by molar-refractivity contribution is 5.87. The maximum Gasteiger partial charge on any atom is 0.305 e. The Kier molecular flexibility index (Phi) is 39.0. The maximum absolute atomic E-state index is 14.1. The van der Waals surface area contributed by atoms with E-state index in [9.17, 15) is 14.4 Å². The molecule has 2 fully saturated rings. The average Bonchev–Trinajstić information content (AvgIpc) is 3.30. The van der Waals surface area contributed by atoms with Crippen LogP contribution < -0.4 is 5.32 Å². The highest BCUT2D eigenvalue weighted by Gasteiger charge is 2.32. The zero-order valence-corrected chi connectivity index (χ0v) is 44.3. The molecule has 0 heterocycles. The van der Waals surface area contributed by atoms with Crippen LogP contribution in [0.5, 0.6) is 0 Å². The van der Waals surface area contributed by atoms with Gasteiger partial charge in [-0.3, -0.25) is 14.4 Å². The van der Waals surface area contributed by atoms with Crippen molar-refractivity contribution in [2.45, 2.75) is 277 Å². The van der Waals surface area contributed by atoms with Gasteiger partial charge in [-0.05, 0) is 154 Å². The van der Waals surface area contributed by atoms with Crippen molar-refractivity contribution in [1.82, 2.24) is 15.1 Å². The summed E-state index contributed by atoms with van der Waals surface area (Å²) in [6.07, 6.45) is 56.1. The van der Waals surface area contributed by atoms with Gasteiger partial charge in [-0.15, -0.1) is 0 Å². The minimum Gasteiger partial charge on any atom is -0.466 e. The van der Waals surface area contributed by atoms with Gasteiger partial charge in [-0.2, -0.15) is 0 Å². The van der Waals surface area contributed by atoms with E-state index in [0.717, 1.165) is 89.0 Å². The van der Waals surface area contributed by atoms with Crippen molar-refractivity contribution < 1.29 is 19.1 Å². The van der Waals surface area contributed by atoms with Crippen molar-refractivity contribution in [3.05, 3.63) is 24.3 Å². The third-order valence-corrected chi connectivity index (χ3v) is 14.8. The molecule has 3 atom stereocenters. The minimum atomic E-state index is -0.447. The first-order valence-corrected chi connectivity index (χ1v) is 29.0. The lowest BCUT2D eigenvalue weighted by Gasteiger charge is -2.39. The number of carbonyl (C=O) groups excluding carboxylic acids is 3. The zero-order chi connectivity index (χ0) is 47.6. The summed E-state index contributed by atoms with van der Waals surface area (Å²) in [5, 5.41) is 3.35. The van der Waals surface area contributed by atoms with Crippen LogP contribution in [-0.2, 0) is 19.1 Å². The summed E-state index contributed by atoms with van der Waals surface area (Å²) >= 11 is 0. The molecule has 2 rings (SSSR count). The fraction of sp³-hybridized carbons (Fsp3) is 0.881. The molecule has 384 valence electrons. The number of rotatable bonds is 45. The normalized spacial score (nSPS) is 17.8. The van der Waals surface area contributed by atoms with Gasteiger partial charge in [0.1, 0.15) is 6.04 Å². The molecule has 0 radical (unpaired) electrons. The molecule has 7 nitrogen and oxygen atoms in total. The van der Waals surface area contributed by atoms with Crippen LogP contribution >= 0.6 is 0 Å². The molecular weight excluding hydrogens is 815 g/mol. The van der Waals surface area contributed by atoms with E-state index in [1.165, 1.54) is 167 Å². The molecule has 2 bridgehead atoms. The molecule has 0 aromatic heterocycles. The van der Waals surface area contributed by atoms with Crippen molar-refractivity contribution in [1.29, 1.82) is 0 Å². The summed E-state index contributed by atoms with van der Waals surface area (Å²) in [5.41, 5.74) is 0. The van der Waals surface area contributed by atoms with Crippen molar-refractivity contribution in [2.75, 3.05) is 40.3 Å². The van der Waals surface area contributed by atoms with Crippen LogP contribution in [0.1, 0.15) is 271 Å². The largest absolute Gasteiger partial charge is 0.466 e. The second-order valence-electron chi connectivity index (χ2n) is 21.3. The lowest BCUT2D eigenvalue weighted by Crippen LogP contribution is -2.50. The SMILES string of the molecule is CCCCCCCC/C=C\CCCCCCCC(=O)OCCCCCC(C(=O)NCCC1CC2CCCC(C2)C1)N(CCCN(C)C)C(=O)CCCCCCC/C=C\CCCCCCCC. The highest BCUT2D eigenvalue weighted by atomic mass is 16.5. The molecular formula is C59H109N3O4. The number of carbonyl (C=O) groups is 3. The first-order valence-electron chi connectivity index (χ1n) is 29.0. The number of esters is 1. The second kappa shape index (κ2) is 42.9. The molecule has 7 heteroatoms. The predicted octanol–water partition coefficient (Wildman–Crippen LogP) is 16.0. The van der Waals surface area contributed by atoms with Gasteiger partial charge in [-0.1, -0.05) is 167 Å². The van der Waals surface area contributed by atoms with E-state index in [0.29, 0.717) is 44.9 Å². The summed E-state index contributed by atoms with van der Waals surface area (Å²) in [7, 11) is 4.15. The molecule has 2 aliphatic rings. The van der Waals surface area contributed by atoms with Gasteiger partial charge in [-0.25, -0.2) is 0 Å². The maximum atomic E-state index is 14.1.